The van der Waals surface area contributed by atoms with Crippen molar-refractivity contribution < 1.29 is 10.2 Å². The maximum Gasteiger partial charge on any atom is 0.142 e. The van der Waals surface area contributed by atoms with E-state index in [-0.39, 0.29) is 5.41 Å². The number of benzene rings is 1. The van der Waals surface area contributed by atoms with Gasteiger partial charge in [0.15, 0.2) is 0 Å². The molecule has 0 bridgehead atoms. The van der Waals surface area contributed by atoms with Crippen LogP contribution in [0.1, 0.15) is 56.1 Å². The molecule has 5 atom stereocenters. The fourth-order valence-corrected chi connectivity index (χ4v) is 7.13. The molecule has 0 aliphatic heterocycles. The molecule has 2 saturated carbocycles. The lowest BCUT2D eigenvalue weighted by Crippen LogP contribution is -2.50. The molecule has 3 aliphatic rings. The quantitative estimate of drug-likeness (QED) is 0.355. The number of aromatic hydroxyl groups is 1. The summed E-state index contributed by atoms with van der Waals surface area (Å²) in [5.41, 5.74) is 5.36. The minimum absolute atomic E-state index is 0.0909. The molecule has 2 fully saturated rings. The Morgan fingerprint density at radius 2 is 2.00 bits per heavy atom. The van der Waals surface area contributed by atoms with Gasteiger partial charge in [0.05, 0.1) is 0 Å². The van der Waals surface area contributed by atoms with Gasteiger partial charge in [-0.15, -0.1) is 5.54 Å². The number of phenolic OH excluding ortho intramolecular Hbond substituents is 1. The van der Waals surface area contributed by atoms with Crippen molar-refractivity contribution in [1.29, 1.82) is 0 Å². The molecule has 0 saturated heterocycles. The highest BCUT2D eigenvalue weighted by Crippen LogP contribution is 2.64. The SMILES string of the molecule is C[C@]12CC[C@@H]3c4ccc(O)cc4CC[C@H]3[C@@H]1CC[C@@]2(O)C#C[Si](C)(C)CBr. The van der Waals surface area contributed by atoms with Gasteiger partial charge in [-0.2, -0.15) is 0 Å². The van der Waals surface area contributed by atoms with Crippen LogP contribution in [0.5, 0.6) is 5.75 Å². The molecule has 0 radical (unpaired) electrons. The molecule has 27 heavy (non-hydrogen) atoms. The minimum atomic E-state index is -1.60. The van der Waals surface area contributed by atoms with Crippen LogP contribution in [0.2, 0.25) is 13.1 Å². The molecular weight excluding hydrogens is 416 g/mol. The first-order chi connectivity index (χ1) is 12.7. The van der Waals surface area contributed by atoms with Crippen molar-refractivity contribution in [1.82, 2.24) is 0 Å². The summed E-state index contributed by atoms with van der Waals surface area (Å²) in [6.07, 6.45) is 6.29. The van der Waals surface area contributed by atoms with Gasteiger partial charge in [0, 0.05) is 10.4 Å². The Bertz CT molecular complexity index is 810. The topological polar surface area (TPSA) is 40.5 Å². The van der Waals surface area contributed by atoms with E-state index in [0.717, 1.165) is 37.1 Å². The molecule has 4 rings (SSSR count). The van der Waals surface area contributed by atoms with Crippen LogP contribution < -0.4 is 0 Å². The highest BCUT2D eigenvalue weighted by Gasteiger charge is 2.61. The van der Waals surface area contributed by atoms with E-state index in [9.17, 15) is 10.2 Å². The summed E-state index contributed by atoms with van der Waals surface area (Å²) in [4.78, 5) is 0.956. The summed E-state index contributed by atoms with van der Waals surface area (Å²) in [5.74, 6) is 5.57. The summed E-state index contributed by atoms with van der Waals surface area (Å²) < 4.78 is 0. The smallest absolute Gasteiger partial charge is 0.142 e. The fourth-order valence-electron chi connectivity index (χ4n) is 6.10. The van der Waals surface area contributed by atoms with Gasteiger partial charge in [0.1, 0.15) is 19.4 Å². The van der Waals surface area contributed by atoms with Crippen molar-refractivity contribution in [2.24, 2.45) is 17.3 Å². The molecule has 1 aromatic carbocycles. The maximum absolute atomic E-state index is 11.6. The molecule has 146 valence electrons. The summed E-state index contributed by atoms with van der Waals surface area (Å²) >= 11 is 3.61. The van der Waals surface area contributed by atoms with Crippen molar-refractivity contribution in [2.45, 2.75) is 70.1 Å². The Morgan fingerprint density at radius 1 is 1.22 bits per heavy atom. The zero-order valence-corrected chi connectivity index (χ0v) is 19.3. The molecule has 1 aromatic rings. The van der Waals surface area contributed by atoms with E-state index in [4.69, 9.17) is 0 Å². The second kappa shape index (κ2) is 6.64. The molecule has 2 nitrogen and oxygen atoms in total. The van der Waals surface area contributed by atoms with E-state index in [1.807, 2.05) is 12.1 Å². The number of alkyl halides is 1. The van der Waals surface area contributed by atoms with Crippen LogP contribution in [0.25, 0.3) is 0 Å². The highest BCUT2D eigenvalue weighted by molar-refractivity contribution is 9.09. The number of hydrogen-bond acceptors (Lipinski definition) is 2. The van der Waals surface area contributed by atoms with Crippen LogP contribution in [-0.4, -0.2) is 28.8 Å². The molecule has 0 heterocycles. The lowest BCUT2D eigenvalue weighted by Gasteiger charge is -2.52. The summed E-state index contributed by atoms with van der Waals surface area (Å²) in [6.45, 7) is 6.83. The number of phenols is 1. The first-order valence-corrected chi connectivity index (χ1v) is 14.7. The minimum Gasteiger partial charge on any atom is -0.508 e. The van der Waals surface area contributed by atoms with Gasteiger partial charge in [0.25, 0.3) is 0 Å². The van der Waals surface area contributed by atoms with Crippen molar-refractivity contribution in [3.8, 4) is 17.2 Å². The van der Waals surface area contributed by atoms with E-state index in [0.29, 0.717) is 23.5 Å². The normalized spacial score (nSPS) is 37.6. The first-order valence-electron chi connectivity index (χ1n) is 10.3. The number of aryl methyl sites for hydroxylation is 1. The summed E-state index contributed by atoms with van der Waals surface area (Å²) in [6, 6.07) is 5.95. The summed E-state index contributed by atoms with van der Waals surface area (Å²) in [5, 5.41) is 21.5. The van der Waals surface area contributed by atoms with Gasteiger partial charge < -0.3 is 10.2 Å². The lowest BCUT2D eigenvalue weighted by molar-refractivity contribution is -0.0647. The van der Waals surface area contributed by atoms with Crippen LogP contribution in [0.3, 0.4) is 0 Å². The van der Waals surface area contributed by atoms with E-state index < -0.39 is 13.7 Å². The molecule has 0 amide bonds. The van der Waals surface area contributed by atoms with E-state index in [1.165, 1.54) is 17.5 Å². The number of aliphatic hydroxyl groups is 1. The largest absolute Gasteiger partial charge is 0.508 e. The van der Waals surface area contributed by atoms with E-state index in [2.05, 4.69) is 53.5 Å². The van der Waals surface area contributed by atoms with Gasteiger partial charge in [-0.1, -0.05) is 47.9 Å². The third-order valence-corrected chi connectivity index (χ3v) is 13.5. The number of fused-ring (bicyclic) bond motifs is 5. The zero-order valence-electron chi connectivity index (χ0n) is 16.7. The number of rotatable bonds is 1. The van der Waals surface area contributed by atoms with Crippen molar-refractivity contribution in [3.63, 3.8) is 0 Å². The predicted molar refractivity (Wildman–Crippen MR) is 117 cm³/mol. The monoisotopic (exact) mass is 446 g/mol. The molecule has 0 spiro atoms. The Kier molecular flexibility index (Phi) is 4.81. The predicted octanol–water partition coefficient (Wildman–Crippen LogP) is 5.16. The lowest BCUT2D eigenvalue weighted by atomic mass is 9.53. The van der Waals surface area contributed by atoms with Crippen molar-refractivity contribution in [3.05, 3.63) is 29.3 Å². The standard InChI is InChI=1S/C23H31BrO2Si/c1-22-10-8-19-18-7-5-17(25)14-16(18)4-6-20(19)21(22)9-11-23(22,26)12-13-27(2,3)15-24/h5,7,14,19-21,25-26H,4,6,8-11,15H2,1-3H3/t19-,20-,21+,22+,23-/m1/s1. The molecule has 4 heteroatoms. The Morgan fingerprint density at radius 3 is 2.74 bits per heavy atom. The van der Waals surface area contributed by atoms with Crippen LogP contribution in [0, 0.1) is 28.7 Å². The number of hydrogen-bond donors (Lipinski definition) is 2. The third kappa shape index (κ3) is 3.11. The molecule has 2 N–H and O–H groups in total. The number of halogens is 1. The zero-order chi connectivity index (χ0) is 19.4. The van der Waals surface area contributed by atoms with Gasteiger partial charge in [-0.05, 0) is 79.5 Å². The molecular formula is C23H31BrO2Si. The van der Waals surface area contributed by atoms with E-state index in [1.54, 1.807) is 0 Å². The summed E-state index contributed by atoms with van der Waals surface area (Å²) in [7, 11) is -1.60. The van der Waals surface area contributed by atoms with Crippen molar-refractivity contribution >= 4 is 24.0 Å². The van der Waals surface area contributed by atoms with Gasteiger partial charge in [-0.3, -0.25) is 0 Å². The van der Waals surface area contributed by atoms with Crippen LogP contribution in [0.15, 0.2) is 18.2 Å². The van der Waals surface area contributed by atoms with Crippen LogP contribution >= 0.6 is 15.9 Å². The Labute approximate surface area is 172 Å². The van der Waals surface area contributed by atoms with Crippen LogP contribution in [0.4, 0.5) is 0 Å². The van der Waals surface area contributed by atoms with Gasteiger partial charge in [-0.25, -0.2) is 0 Å². The average molecular weight is 447 g/mol. The van der Waals surface area contributed by atoms with Gasteiger partial charge >= 0.3 is 0 Å². The van der Waals surface area contributed by atoms with Crippen LogP contribution in [-0.2, 0) is 6.42 Å². The molecule has 0 unspecified atom stereocenters. The molecule has 0 aromatic heterocycles. The maximum atomic E-state index is 11.6. The third-order valence-electron chi connectivity index (χ3n) is 7.80. The second-order valence-corrected chi connectivity index (χ2v) is 15.9. The Balaban J connectivity index is 1.65. The van der Waals surface area contributed by atoms with E-state index >= 15 is 0 Å². The second-order valence-electron chi connectivity index (χ2n) is 9.92. The first kappa shape index (κ1) is 19.5. The average Bonchev–Trinajstić information content (AvgIpc) is 2.91. The van der Waals surface area contributed by atoms with Gasteiger partial charge in [0.2, 0.25) is 0 Å². The highest BCUT2D eigenvalue weighted by atomic mass is 79.9. The fraction of sp³-hybridized carbons (Fsp3) is 0.652. The van der Waals surface area contributed by atoms with Crippen molar-refractivity contribution in [2.75, 3.05) is 4.95 Å². The molecule has 3 aliphatic carbocycles. The Hall–Kier alpha value is -0.763.